The van der Waals surface area contributed by atoms with Crippen molar-refractivity contribution in [2.24, 2.45) is 0 Å². The average Bonchev–Trinajstić information content (AvgIpc) is 2.90. The van der Waals surface area contributed by atoms with E-state index in [1.165, 1.54) is 33.2 Å². The largest absolute Gasteiger partial charge is 0.493 e. The van der Waals surface area contributed by atoms with E-state index in [2.05, 4.69) is 10.3 Å². The number of nitrogens with zero attached hydrogens (tertiary/aromatic N) is 1. The van der Waals surface area contributed by atoms with E-state index in [0.29, 0.717) is 12.1 Å². The number of amides is 1. The first-order valence-electron chi connectivity index (χ1n) is 12.1. The molecule has 41 heavy (non-hydrogen) atoms. The van der Waals surface area contributed by atoms with Gasteiger partial charge in [0.05, 0.1) is 13.0 Å². The number of hydrogen-bond donors (Lipinski definition) is 1. The number of pyridine rings is 1. The zero-order chi connectivity index (χ0) is 30.3. The number of methoxy groups -OCH3 is 1. The molecule has 0 spiro atoms. The van der Waals surface area contributed by atoms with Crippen LogP contribution in [0.25, 0.3) is 0 Å². The summed E-state index contributed by atoms with van der Waals surface area (Å²) in [5.41, 5.74) is -0.711. The molecule has 0 aliphatic carbocycles. The zero-order valence-corrected chi connectivity index (χ0v) is 22.4. The van der Waals surface area contributed by atoms with Crippen molar-refractivity contribution in [3.63, 3.8) is 0 Å². The summed E-state index contributed by atoms with van der Waals surface area (Å²) in [7, 11) is 1.31. The molecule has 2 aromatic carbocycles. The minimum absolute atomic E-state index is 0.0895. The average molecular weight is 579 g/mol. The number of ether oxygens (including phenoxy) is 4. The quantitative estimate of drug-likeness (QED) is 0.202. The topological polar surface area (TPSA) is 113 Å². The SMILES string of the molecule is COc1ccnc(C(=O)N[C@@H](C)C(=O)O[C@@H](C)C(c2ccc(F)cc2F)c2ccc(F)cc2F)c1OCOC(C)=O. The Bertz CT molecular complexity index is 1390. The molecule has 3 aromatic rings. The van der Waals surface area contributed by atoms with Gasteiger partial charge in [-0.1, -0.05) is 12.1 Å². The van der Waals surface area contributed by atoms with Crippen LogP contribution in [0.5, 0.6) is 11.5 Å². The molecule has 1 heterocycles. The lowest BCUT2D eigenvalue weighted by Crippen LogP contribution is -2.42. The van der Waals surface area contributed by atoms with Crippen LogP contribution in [0.3, 0.4) is 0 Å². The first-order valence-corrected chi connectivity index (χ1v) is 12.1. The van der Waals surface area contributed by atoms with Crippen LogP contribution in [0.1, 0.15) is 48.3 Å². The van der Waals surface area contributed by atoms with Crippen LogP contribution in [0, 0.1) is 23.3 Å². The number of nitrogens with one attached hydrogen (secondary N) is 1. The first-order chi connectivity index (χ1) is 19.4. The summed E-state index contributed by atoms with van der Waals surface area (Å²) in [6.07, 6.45) is -0.0179. The minimum atomic E-state index is -1.31. The number of carbonyl (C=O) groups excluding carboxylic acids is 3. The minimum Gasteiger partial charge on any atom is -0.493 e. The first kappa shape index (κ1) is 30.9. The molecule has 0 unspecified atom stereocenters. The van der Waals surface area contributed by atoms with E-state index in [-0.39, 0.29) is 28.3 Å². The summed E-state index contributed by atoms with van der Waals surface area (Å²) < 4.78 is 77.3. The van der Waals surface area contributed by atoms with E-state index >= 15 is 0 Å². The van der Waals surface area contributed by atoms with E-state index in [1.54, 1.807) is 0 Å². The second-order valence-electron chi connectivity index (χ2n) is 8.74. The maximum absolute atomic E-state index is 14.8. The number of aromatic nitrogens is 1. The zero-order valence-electron chi connectivity index (χ0n) is 22.4. The van der Waals surface area contributed by atoms with Crippen molar-refractivity contribution >= 4 is 17.8 Å². The Labute approximate surface area is 232 Å². The highest BCUT2D eigenvalue weighted by atomic mass is 19.1. The van der Waals surface area contributed by atoms with Crippen molar-refractivity contribution in [2.75, 3.05) is 13.9 Å². The molecule has 0 radical (unpaired) electrons. The number of esters is 2. The fourth-order valence-corrected chi connectivity index (χ4v) is 3.92. The molecular weight excluding hydrogens is 552 g/mol. The van der Waals surface area contributed by atoms with Crippen LogP contribution >= 0.6 is 0 Å². The van der Waals surface area contributed by atoms with Crippen molar-refractivity contribution in [3.8, 4) is 11.5 Å². The molecule has 13 heteroatoms. The fraction of sp³-hybridized carbons (Fsp3) is 0.286. The Balaban J connectivity index is 1.82. The lowest BCUT2D eigenvalue weighted by Gasteiger charge is -2.27. The Kier molecular flexibility index (Phi) is 10.2. The highest BCUT2D eigenvalue weighted by molar-refractivity contribution is 5.98. The van der Waals surface area contributed by atoms with E-state index in [0.717, 1.165) is 31.2 Å². The molecule has 1 amide bonds. The van der Waals surface area contributed by atoms with Crippen LogP contribution in [0.4, 0.5) is 17.6 Å². The molecular formula is C28H26F4N2O7. The smallest absolute Gasteiger partial charge is 0.328 e. The highest BCUT2D eigenvalue weighted by Gasteiger charge is 2.32. The molecule has 1 aromatic heterocycles. The van der Waals surface area contributed by atoms with Gasteiger partial charge in [0.25, 0.3) is 5.91 Å². The van der Waals surface area contributed by atoms with Gasteiger partial charge >= 0.3 is 11.9 Å². The molecule has 0 bridgehead atoms. The second-order valence-corrected chi connectivity index (χ2v) is 8.74. The van der Waals surface area contributed by atoms with Gasteiger partial charge in [-0.25, -0.2) is 27.3 Å². The molecule has 0 saturated heterocycles. The van der Waals surface area contributed by atoms with E-state index in [1.807, 2.05) is 0 Å². The molecule has 0 saturated carbocycles. The van der Waals surface area contributed by atoms with Crippen molar-refractivity contribution < 1.29 is 50.9 Å². The molecule has 218 valence electrons. The third-order valence-electron chi connectivity index (χ3n) is 5.84. The van der Waals surface area contributed by atoms with Crippen molar-refractivity contribution in [1.82, 2.24) is 10.3 Å². The molecule has 3 rings (SSSR count). The summed E-state index contributed by atoms with van der Waals surface area (Å²) in [5, 5.41) is 2.38. The Morgan fingerprint density at radius 2 is 1.51 bits per heavy atom. The van der Waals surface area contributed by atoms with Gasteiger partial charge in [0.15, 0.2) is 17.2 Å². The van der Waals surface area contributed by atoms with E-state index in [9.17, 15) is 31.9 Å². The van der Waals surface area contributed by atoms with Crippen molar-refractivity contribution in [3.05, 3.63) is 88.8 Å². The van der Waals surface area contributed by atoms with Gasteiger partial charge in [0.2, 0.25) is 6.79 Å². The van der Waals surface area contributed by atoms with Gasteiger partial charge in [0, 0.05) is 31.3 Å². The van der Waals surface area contributed by atoms with Crippen molar-refractivity contribution in [2.45, 2.75) is 38.8 Å². The van der Waals surface area contributed by atoms with Crippen LogP contribution < -0.4 is 14.8 Å². The summed E-state index contributed by atoms with van der Waals surface area (Å²) in [6.45, 7) is 3.24. The Morgan fingerprint density at radius 3 is 2.02 bits per heavy atom. The number of carbonyl (C=O) groups is 3. The van der Waals surface area contributed by atoms with E-state index < -0.39 is 66.0 Å². The van der Waals surface area contributed by atoms with Gasteiger partial charge < -0.3 is 24.3 Å². The number of rotatable bonds is 11. The number of halogens is 4. The summed E-state index contributed by atoms with van der Waals surface area (Å²) >= 11 is 0. The van der Waals surface area contributed by atoms with Gasteiger partial charge in [-0.3, -0.25) is 9.59 Å². The lowest BCUT2D eigenvalue weighted by molar-refractivity contribution is -0.151. The Hall–Kier alpha value is -4.68. The second kappa shape index (κ2) is 13.6. The standard InChI is InChI=1S/C28H26F4N2O7/c1-14(34-27(36)25-26(40-13-39-16(3)35)23(38-4)9-10-33-25)28(37)41-15(2)24(19-7-5-17(29)11-21(19)31)20-8-6-18(30)12-22(20)32/h5-12,14-15,24H,13H2,1-4H3,(H,34,36)/t14-,15-/m0/s1. The molecule has 9 nitrogen and oxygen atoms in total. The fourth-order valence-electron chi connectivity index (χ4n) is 3.92. The maximum Gasteiger partial charge on any atom is 0.328 e. The van der Waals surface area contributed by atoms with Gasteiger partial charge in [-0.05, 0) is 37.1 Å². The molecule has 0 fully saturated rings. The molecule has 0 aliphatic heterocycles. The van der Waals surface area contributed by atoms with Crippen LogP contribution in [0.15, 0.2) is 48.7 Å². The summed E-state index contributed by atoms with van der Waals surface area (Å²) in [6, 6.07) is 5.30. The van der Waals surface area contributed by atoms with Gasteiger partial charge in [-0.15, -0.1) is 0 Å². The molecule has 2 atom stereocenters. The predicted molar refractivity (Wildman–Crippen MR) is 135 cm³/mol. The maximum atomic E-state index is 14.8. The highest BCUT2D eigenvalue weighted by Crippen LogP contribution is 2.34. The monoisotopic (exact) mass is 578 g/mol. The third kappa shape index (κ3) is 7.71. The summed E-state index contributed by atoms with van der Waals surface area (Å²) in [5.74, 6) is -7.72. The predicted octanol–water partition coefficient (Wildman–Crippen LogP) is 4.43. The molecule has 1 N–H and O–H groups in total. The van der Waals surface area contributed by atoms with Gasteiger partial charge in [0.1, 0.15) is 35.4 Å². The van der Waals surface area contributed by atoms with Crippen LogP contribution in [-0.4, -0.2) is 48.9 Å². The van der Waals surface area contributed by atoms with Crippen molar-refractivity contribution in [1.29, 1.82) is 0 Å². The normalized spacial score (nSPS) is 12.3. The van der Waals surface area contributed by atoms with E-state index in [4.69, 9.17) is 18.9 Å². The van der Waals surface area contributed by atoms with Crippen LogP contribution in [-0.2, 0) is 19.1 Å². The molecule has 0 aliphatic rings. The number of hydrogen-bond acceptors (Lipinski definition) is 8. The van der Waals surface area contributed by atoms with Crippen LogP contribution in [0.2, 0.25) is 0 Å². The Morgan fingerprint density at radius 1 is 0.927 bits per heavy atom. The number of benzene rings is 2. The third-order valence-corrected chi connectivity index (χ3v) is 5.84. The summed E-state index contributed by atoms with van der Waals surface area (Å²) in [4.78, 5) is 40.9. The lowest BCUT2D eigenvalue weighted by atomic mass is 9.86. The van der Waals surface area contributed by atoms with Gasteiger partial charge in [-0.2, -0.15) is 0 Å².